The van der Waals surface area contributed by atoms with Crippen LogP contribution in [-0.4, -0.2) is 10.1 Å². The fraction of sp³-hybridized carbons (Fsp3) is 0.0952. The Morgan fingerprint density at radius 1 is 1.07 bits per heavy atom. The summed E-state index contributed by atoms with van der Waals surface area (Å²) in [6, 6.07) is 17.1. The van der Waals surface area contributed by atoms with Gasteiger partial charge in [-0.25, -0.2) is 0 Å². The number of H-pyrrole nitrogens is 1. The standard InChI is InChI=1S/C21H15Cl2NO3S/c22-14-7-5-13(17(23)9-14)11-27-18-8-6-12-3-1-2-4-15(12)16(18)10-19-20(25)24-21(26)28-19/h1-9,25H,10-11H2,(H,24,26). The number of hydrogen-bond acceptors (Lipinski definition) is 4. The average Bonchev–Trinajstić information content (AvgIpc) is 2.99. The summed E-state index contributed by atoms with van der Waals surface area (Å²) < 4.78 is 6.08. The third-order valence-corrected chi connectivity index (χ3v) is 5.89. The molecule has 1 heterocycles. The number of halogens is 2. The second kappa shape index (κ2) is 7.87. The van der Waals surface area contributed by atoms with E-state index in [9.17, 15) is 9.90 Å². The molecular formula is C21H15Cl2NO3S. The predicted octanol–water partition coefficient (Wildman–Crippen LogP) is 5.77. The molecule has 0 aliphatic heterocycles. The molecule has 0 unspecified atom stereocenters. The number of aromatic amines is 1. The smallest absolute Gasteiger partial charge is 0.307 e. The maximum absolute atomic E-state index is 11.6. The van der Waals surface area contributed by atoms with Crippen molar-refractivity contribution in [1.29, 1.82) is 0 Å². The minimum Gasteiger partial charge on any atom is -0.494 e. The van der Waals surface area contributed by atoms with Crippen molar-refractivity contribution >= 4 is 45.3 Å². The lowest BCUT2D eigenvalue weighted by Crippen LogP contribution is -2.00. The molecule has 4 nitrogen and oxygen atoms in total. The number of hydrogen-bond donors (Lipinski definition) is 2. The Hall–Kier alpha value is -2.47. The number of thiazole rings is 1. The number of ether oxygens (including phenoxy) is 1. The van der Waals surface area contributed by atoms with Gasteiger partial charge in [0.15, 0.2) is 0 Å². The lowest BCUT2D eigenvalue weighted by molar-refractivity contribution is 0.304. The van der Waals surface area contributed by atoms with Gasteiger partial charge in [-0.05, 0) is 29.0 Å². The molecule has 3 aromatic carbocycles. The van der Waals surface area contributed by atoms with Gasteiger partial charge in [-0.15, -0.1) is 0 Å². The van der Waals surface area contributed by atoms with E-state index < -0.39 is 0 Å². The number of nitrogens with one attached hydrogen (secondary N) is 1. The highest BCUT2D eigenvalue weighted by atomic mass is 35.5. The average molecular weight is 432 g/mol. The second-order valence-corrected chi connectivity index (χ2v) is 8.16. The number of aromatic nitrogens is 1. The van der Waals surface area contributed by atoms with Crippen LogP contribution in [0.15, 0.2) is 59.4 Å². The first-order chi connectivity index (χ1) is 13.5. The molecule has 0 spiro atoms. The Labute approximate surface area is 174 Å². The summed E-state index contributed by atoms with van der Waals surface area (Å²) in [7, 11) is 0. The van der Waals surface area contributed by atoms with Gasteiger partial charge in [0, 0.05) is 27.6 Å². The molecule has 0 atom stereocenters. The van der Waals surface area contributed by atoms with Gasteiger partial charge in [0.2, 0.25) is 5.88 Å². The van der Waals surface area contributed by atoms with Crippen molar-refractivity contribution < 1.29 is 9.84 Å². The molecule has 0 aliphatic carbocycles. The first kappa shape index (κ1) is 18.9. The molecule has 7 heteroatoms. The van der Waals surface area contributed by atoms with Crippen LogP contribution in [0.25, 0.3) is 10.8 Å². The van der Waals surface area contributed by atoms with Crippen molar-refractivity contribution in [3.63, 3.8) is 0 Å². The Morgan fingerprint density at radius 2 is 1.89 bits per heavy atom. The summed E-state index contributed by atoms with van der Waals surface area (Å²) in [5, 5.41) is 13.2. The van der Waals surface area contributed by atoms with Gasteiger partial charge >= 0.3 is 4.87 Å². The van der Waals surface area contributed by atoms with Crippen molar-refractivity contribution in [2.45, 2.75) is 13.0 Å². The highest BCUT2D eigenvalue weighted by Gasteiger charge is 2.15. The fourth-order valence-electron chi connectivity index (χ4n) is 3.06. The highest BCUT2D eigenvalue weighted by Crippen LogP contribution is 2.33. The van der Waals surface area contributed by atoms with Crippen LogP contribution in [0.2, 0.25) is 10.0 Å². The maximum Gasteiger partial charge on any atom is 0.307 e. The first-order valence-corrected chi connectivity index (χ1v) is 10.1. The lowest BCUT2D eigenvalue weighted by Gasteiger charge is -2.15. The SMILES string of the molecule is O=c1[nH]c(O)c(Cc2c(OCc3ccc(Cl)cc3Cl)ccc3ccccc23)s1. The Balaban J connectivity index is 1.72. The summed E-state index contributed by atoms with van der Waals surface area (Å²) in [5.41, 5.74) is 1.72. The van der Waals surface area contributed by atoms with Crippen molar-refractivity contribution in [2.75, 3.05) is 0 Å². The Kier molecular flexibility index (Phi) is 5.31. The number of rotatable bonds is 5. The van der Waals surface area contributed by atoms with E-state index in [4.69, 9.17) is 27.9 Å². The fourth-order valence-corrected chi connectivity index (χ4v) is 4.26. The second-order valence-electron chi connectivity index (χ2n) is 6.25. The van der Waals surface area contributed by atoms with Crippen LogP contribution >= 0.6 is 34.5 Å². The number of benzene rings is 3. The molecule has 4 rings (SSSR count). The van der Waals surface area contributed by atoms with E-state index in [0.717, 1.165) is 33.2 Å². The summed E-state index contributed by atoms with van der Waals surface area (Å²) in [4.78, 5) is 14.3. The van der Waals surface area contributed by atoms with E-state index >= 15 is 0 Å². The van der Waals surface area contributed by atoms with Crippen LogP contribution < -0.4 is 9.61 Å². The molecule has 0 amide bonds. The summed E-state index contributed by atoms with van der Waals surface area (Å²) in [6.07, 6.45) is 0.375. The zero-order chi connectivity index (χ0) is 19.7. The van der Waals surface area contributed by atoms with Gasteiger partial charge in [-0.2, -0.15) is 0 Å². The quantitative estimate of drug-likeness (QED) is 0.421. The summed E-state index contributed by atoms with van der Waals surface area (Å²) in [5.74, 6) is 0.569. The van der Waals surface area contributed by atoms with E-state index in [0.29, 0.717) is 27.1 Å². The van der Waals surface area contributed by atoms with Gasteiger partial charge in [-0.3, -0.25) is 9.78 Å². The highest BCUT2D eigenvalue weighted by molar-refractivity contribution is 7.09. The van der Waals surface area contributed by atoms with Gasteiger partial charge in [0.05, 0.1) is 4.88 Å². The molecule has 4 aromatic rings. The third kappa shape index (κ3) is 3.87. The monoisotopic (exact) mass is 431 g/mol. The van der Waals surface area contributed by atoms with Crippen molar-refractivity contribution in [1.82, 2.24) is 4.98 Å². The van der Waals surface area contributed by atoms with Gasteiger partial charge < -0.3 is 9.84 Å². The topological polar surface area (TPSA) is 62.3 Å². The molecule has 0 aliphatic rings. The van der Waals surface area contributed by atoms with Gasteiger partial charge in [-0.1, -0.05) is 70.9 Å². The van der Waals surface area contributed by atoms with Crippen LogP contribution in [0.5, 0.6) is 11.6 Å². The Morgan fingerprint density at radius 3 is 2.64 bits per heavy atom. The molecular weight excluding hydrogens is 417 g/mol. The minimum absolute atomic E-state index is 0.102. The van der Waals surface area contributed by atoms with Crippen molar-refractivity contribution in [2.24, 2.45) is 0 Å². The largest absolute Gasteiger partial charge is 0.494 e. The minimum atomic E-state index is -0.289. The van der Waals surface area contributed by atoms with Crippen LogP contribution in [0, 0.1) is 0 Å². The molecule has 0 bridgehead atoms. The molecule has 1 aromatic heterocycles. The molecule has 2 N–H and O–H groups in total. The van der Waals surface area contributed by atoms with Crippen molar-refractivity contribution in [3.05, 3.63) is 90.3 Å². The number of fused-ring (bicyclic) bond motifs is 1. The maximum atomic E-state index is 11.6. The first-order valence-electron chi connectivity index (χ1n) is 8.49. The van der Waals surface area contributed by atoms with Gasteiger partial charge in [0.1, 0.15) is 12.4 Å². The normalized spacial score (nSPS) is 11.1. The van der Waals surface area contributed by atoms with E-state index in [1.807, 2.05) is 42.5 Å². The third-order valence-electron chi connectivity index (χ3n) is 4.43. The zero-order valence-corrected chi connectivity index (χ0v) is 16.9. The van der Waals surface area contributed by atoms with E-state index in [1.54, 1.807) is 12.1 Å². The molecule has 0 fully saturated rings. The van der Waals surface area contributed by atoms with Crippen LogP contribution in [-0.2, 0) is 13.0 Å². The Bertz CT molecular complexity index is 1220. The summed E-state index contributed by atoms with van der Waals surface area (Å²) >= 11 is 13.2. The lowest BCUT2D eigenvalue weighted by atomic mass is 10.0. The summed E-state index contributed by atoms with van der Waals surface area (Å²) in [6.45, 7) is 0.274. The molecule has 0 saturated carbocycles. The van der Waals surface area contributed by atoms with E-state index in [2.05, 4.69) is 4.98 Å². The molecule has 0 saturated heterocycles. The molecule has 142 valence electrons. The van der Waals surface area contributed by atoms with E-state index in [-0.39, 0.29) is 17.4 Å². The zero-order valence-electron chi connectivity index (χ0n) is 14.5. The van der Waals surface area contributed by atoms with Crippen LogP contribution in [0.3, 0.4) is 0 Å². The predicted molar refractivity (Wildman–Crippen MR) is 114 cm³/mol. The number of aromatic hydroxyl groups is 1. The van der Waals surface area contributed by atoms with Crippen molar-refractivity contribution in [3.8, 4) is 11.6 Å². The van der Waals surface area contributed by atoms with Crippen LogP contribution in [0.4, 0.5) is 0 Å². The van der Waals surface area contributed by atoms with E-state index in [1.165, 1.54) is 0 Å². The van der Waals surface area contributed by atoms with Gasteiger partial charge in [0.25, 0.3) is 0 Å². The molecule has 0 radical (unpaired) electrons. The van der Waals surface area contributed by atoms with Crippen LogP contribution in [0.1, 0.15) is 16.0 Å². The molecule has 28 heavy (non-hydrogen) atoms.